The highest BCUT2D eigenvalue weighted by Gasteiger charge is 2.76. The SMILES string of the molecule is Cc1cc(C)cc(COC23OC(=O)C(=O)OC2(C(c2ccccc2)c2ccccc2)N2CCC3CC2)c1. The number of carbonyl (C=O) groups excluding carboxylic acids is 2. The Morgan fingerprint density at radius 2 is 1.38 bits per heavy atom. The molecule has 4 saturated heterocycles. The fourth-order valence-corrected chi connectivity index (χ4v) is 6.73. The van der Waals surface area contributed by atoms with Gasteiger partial charge < -0.3 is 14.2 Å². The standard InChI is InChI=1S/C31H31NO5/c1-21-17-22(2)19-23(18-21)20-35-31-26-13-15-32(16-14-26)30(31,36-28(33)29(34)37-31)27(24-9-5-3-6-10-24)25-11-7-4-8-12-25/h3-12,17-19,26-27H,13-16,20H2,1-2H3. The Bertz CT molecular complexity index is 1260. The van der Waals surface area contributed by atoms with Gasteiger partial charge in [0.15, 0.2) is 0 Å². The van der Waals surface area contributed by atoms with Crippen LogP contribution in [-0.4, -0.2) is 41.4 Å². The second-order valence-corrected chi connectivity index (χ2v) is 10.4. The number of rotatable bonds is 6. The number of esters is 2. The fraction of sp³-hybridized carbons (Fsp3) is 0.355. The van der Waals surface area contributed by atoms with Crippen molar-refractivity contribution in [3.8, 4) is 0 Å². The molecule has 6 nitrogen and oxygen atoms in total. The normalized spacial score (nSPS) is 28.5. The van der Waals surface area contributed by atoms with Crippen molar-refractivity contribution in [2.24, 2.45) is 5.92 Å². The minimum atomic E-state index is -1.46. The quantitative estimate of drug-likeness (QED) is 0.358. The van der Waals surface area contributed by atoms with E-state index in [0.29, 0.717) is 0 Å². The molecule has 4 aliphatic rings. The van der Waals surface area contributed by atoms with Gasteiger partial charge in [-0.3, -0.25) is 4.90 Å². The Morgan fingerprint density at radius 3 is 1.95 bits per heavy atom. The predicted molar refractivity (Wildman–Crippen MR) is 137 cm³/mol. The second-order valence-electron chi connectivity index (χ2n) is 10.4. The number of hydrogen-bond donors (Lipinski definition) is 0. The van der Waals surface area contributed by atoms with Crippen LogP contribution in [0.5, 0.6) is 0 Å². The molecule has 2 atom stereocenters. The van der Waals surface area contributed by atoms with Crippen LogP contribution < -0.4 is 0 Å². The van der Waals surface area contributed by atoms with Gasteiger partial charge in [-0.05, 0) is 43.4 Å². The summed E-state index contributed by atoms with van der Waals surface area (Å²) in [5.74, 6) is -3.98. The summed E-state index contributed by atoms with van der Waals surface area (Å²) in [5.41, 5.74) is 3.84. The molecule has 3 aromatic rings. The van der Waals surface area contributed by atoms with Gasteiger partial charge in [0.05, 0.1) is 12.5 Å². The molecule has 0 spiro atoms. The third-order valence-electron chi connectivity index (χ3n) is 8.05. The summed E-state index contributed by atoms with van der Waals surface area (Å²) >= 11 is 0. The molecule has 37 heavy (non-hydrogen) atoms. The lowest BCUT2D eigenvalue weighted by Crippen LogP contribution is -2.82. The summed E-state index contributed by atoms with van der Waals surface area (Å²) in [7, 11) is 0. The zero-order chi connectivity index (χ0) is 25.6. The molecular weight excluding hydrogens is 466 g/mol. The van der Waals surface area contributed by atoms with Crippen LogP contribution in [0.15, 0.2) is 78.9 Å². The topological polar surface area (TPSA) is 65.1 Å². The van der Waals surface area contributed by atoms with Gasteiger partial charge in [0.25, 0.3) is 5.79 Å². The molecule has 4 aliphatic heterocycles. The maximum Gasteiger partial charge on any atom is 0.420 e. The number of fused-ring (bicyclic) bond motifs is 2. The van der Waals surface area contributed by atoms with E-state index in [1.807, 2.05) is 60.7 Å². The zero-order valence-electron chi connectivity index (χ0n) is 21.2. The zero-order valence-corrected chi connectivity index (χ0v) is 21.2. The summed E-state index contributed by atoms with van der Waals surface area (Å²) in [5, 5.41) is 0. The molecule has 7 rings (SSSR count). The maximum absolute atomic E-state index is 13.0. The lowest BCUT2D eigenvalue weighted by Gasteiger charge is -2.65. The first-order chi connectivity index (χ1) is 17.9. The van der Waals surface area contributed by atoms with Crippen LogP contribution in [0.2, 0.25) is 0 Å². The van der Waals surface area contributed by atoms with E-state index in [-0.39, 0.29) is 12.5 Å². The predicted octanol–water partition coefficient (Wildman–Crippen LogP) is 4.87. The Labute approximate surface area is 217 Å². The molecule has 0 amide bonds. The molecule has 0 radical (unpaired) electrons. The molecule has 0 saturated carbocycles. The van der Waals surface area contributed by atoms with Crippen molar-refractivity contribution in [1.82, 2.24) is 4.90 Å². The molecule has 2 unspecified atom stereocenters. The molecule has 0 aliphatic carbocycles. The Kier molecular flexibility index (Phi) is 5.89. The lowest BCUT2D eigenvalue weighted by molar-refractivity contribution is -0.417. The number of ether oxygens (including phenoxy) is 3. The van der Waals surface area contributed by atoms with Crippen molar-refractivity contribution in [1.29, 1.82) is 0 Å². The van der Waals surface area contributed by atoms with Gasteiger partial charge in [-0.2, -0.15) is 0 Å². The third kappa shape index (κ3) is 3.78. The van der Waals surface area contributed by atoms with E-state index in [0.717, 1.165) is 53.7 Å². The first-order valence-corrected chi connectivity index (χ1v) is 13.0. The molecule has 3 aromatic carbocycles. The highest BCUT2D eigenvalue weighted by atomic mass is 16.8. The maximum atomic E-state index is 13.0. The smallest absolute Gasteiger partial charge is 0.420 e. The summed E-state index contributed by atoms with van der Waals surface area (Å²) in [4.78, 5) is 28.1. The van der Waals surface area contributed by atoms with Gasteiger partial charge in [0.1, 0.15) is 0 Å². The van der Waals surface area contributed by atoms with Gasteiger partial charge in [-0.1, -0.05) is 90.0 Å². The van der Waals surface area contributed by atoms with Crippen molar-refractivity contribution in [3.05, 3.63) is 107 Å². The average Bonchev–Trinajstić information content (AvgIpc) is 2.90. The summed E-state index contributed by atoms with van der Waals surface area (Å²) in [6.45, 7) is 5.78. The van der Waals surface area contributed by atoms with E-state index in [4.69, 9.17) is 14.2 Å². The molecule has 6 heteroatoms. The Hall–Kier alpha value is -3.48. The third-order valence-corrected chi connectivity index (χ3v) is 8.05. The van der Waals surface area contributed by atoms with Crippen molar-refractivity contribution in [2.75, 3.05) is 13.1 Å². The van der Waals surface area contributed by atoms with E-state index in [2.05, 4.69) is 36.9 Å². The van der Waals surface area contributed by atoms with Crippen LogP contribution in [0.25, 0.3) is 0 Å². The van der Waals surface area contributed by atoms with Gasteiger partial charge in [0.2, 0.25) is 5.72 Å². The molecular formula is C31H31NO5. The van der Waals surface area contributed by atoms with Crippen molar-refractivity contribution < 1.29 is 23.8 Å². The van der Waals surface area contributed by atoms with Crippen LogP contribution in [0, 0.1) is 19.8 Å². The number of aryl methyl sites for hydroxylation is 2. The highest BCUT2D eigenvalue weighted by Crippen LogP contribution is 2.59. The highest BCUT2D eigenvalue weighted by molar-refractivity contribution is 6.30. The van der Waals surface area contributed by atoms with Crippen LogP contribution in [0.1, 0.15) is 46.6 Å². The Balaban J connectivity index is 1.55. The number of hydrogen-bond acceptors (Lipinski definition) is 6. The van der Waals surface area contributed by atoms with E-state index >= 15 is 0 Å². The van der Waals surface area contributed by atoms with E-state index in [1.165, 1.54) is 0 Å². The van der Waals surface area contributed by atoms with E-state index < -0.39 is 29.4 Å². The first-order valence-electron chi connectivity index (χ1n) is 13.0. The number of piperidine rings is 3. The molecule has 2 bridgehead atoms. The largest absolute Gasteiger partial charge is 0.427 e. The molecule has 190 valence electrons. The van der Waals surface area contributed by atoms with Crippen LogP contribution in [-0.2, 0) is 30.4 Å². The van der Waals surface area contributed by atoms with Gasteiger partial charge in [-0.15, -0.1) is 0 Å². The van der Waals surface area contributed by atoms with Gasteiger partial charge in [0, 0.05) is 19.0 Å². The monoisotopic (exact) mass is 497 g/mol. The van der Waals surface area contributed by atoms with Crippen LogP contribution >= 0.6 is 0 Å². The van der Waals surface area contributed by atoms with Crippen LogP contribution in [0.4, 0.5) is 0 Å². The second kappa shape index (κ2) is 9.12. The molecule has 4 heterocycles. The molecule has 4 fully saturated rings. The van der Waals surface area contributed by atoms with Crippen molar-refractivity contribution in [3.63, 3.8) is 0 Å². The number of nitrogens with zero attached hydrogens (tertiary/aromatic N) is 1. The van der Waals surface area contributed by atoms with E-state index in [1.54, 1.807) is 0 Å². The number of benzene rings is 3. The molecule has 0 N–H and O–H groups in total. The van der Waals surface area contributed by atoms with Gasteiger partial charge in [-0.25, -0.2) is 9.59 Å². The van der Waals surface area contributed by atoms with Crippen LogP contribution in [0.3, 0.4) is 0 Å². The lowest BCUT2D eigenvalue weighted by atomic mass is 9.66. The van der Waals surface area contributed by atoms with Gasteiger partial charge >= 0.3 is 11.9 Å². The summed E-state index contributed by atoms with van der Waals surface area (Å²) in [6, 6.07) is 26.3. The molecule has 0 aromatic heterocycles. The summed E-state index contributed by atoms with van der Waals surface area (Å²) < 4.78 is 19.3. The minimum Gasteiger partial charge on any atom is -0.427 e. The van der Waals surface area contributed by atoms with Crippen molar-refractivity contribution in [2.45, 2.75) is 50.7 Å². The average molecular weight is 498 g/mol. The number of carbonyl (C=O) groups is 2. The van der Waals surface area contributed by atoms with Crippen molar-refractivity contribution >= 4 is 11.9 Å². The summed E-state index contributed by atoms with van der Waals surface area (Å²) in [6.07, 6.45) is 1.57. The fourth-order valence-electron chi connectivity index (χ4n) is 6.73. The Morgan fingerprint density at radius 1 is 0.838 bits per heavy atom. The minimum absolute atomic E-state index is 0.115. The first kappa shape index (κ1) is 23.9. The van der Waals surface area contributed by atoms with E-state index in [9.17, 15) is 9.59 Å².